The van der Waals surface area contributed by atoms with Crippen LogP contribution in [0.5, 0.6) is 5.75 Å². The summed E-state index contributed by atoms with van der Waals surface area (Å²) in [6.45, 7) is 3.65. The minimum Gasteiger partial charge on any atom is -0.504 e. The van der Waals surface area contributed by atoms with Gasteiger partial charge in [0.1, 0.15) is 11.8 Å². The zero-order valence-electron chi connectivity index (χ0n) is 14.9. The van der Waals surface area contributed by atoms with Gasteiger partial charge in [0.05, 0.1) is 35.9 Å². The Kier molecular flexibility index (Phi) is 6.24. The Morgan fingerprint density at radius 3 is 2.52 bits per heavy atom. The van der Waals surface area contributed by atoms with Gasteiger partial charge in [0.25, 0.3) is 0 Å². The molecule has 0 atom stereocenters. The molecule has 0 radical (unpaired) electrons. The zero-order valence-corrected chi connectivity index (χ0v) is 14.9. The Morgan fingerprint density at radius 2 is 1.93 bits per heavy atom. The van der Waals surface area contributed by atoms with Crippen LogP contribution in [0.2, 0.25) is 0 Å². The lowest BCUT2D eigenvalue weighted by Gasteiger charge is -2.10. The largest absolute Gasteiger partial charge is 0.504 e. The number of benzene rings is 1. The van der Waals surface area contributed by atoms with E-state index >= 15 is 0 Å². The third-order valence-corrected chi connectivity index (χ3v) is 3.87. The van der Waals surface area contributed by atoms with E-state index in [1.807, 2.05) is 12.1 Å². The summed E-state index contributed by atoms with van der Waals surface area (Å²) in [5.74, 6) is -1.60. The minimum absolute atomic E-state index is 0.0942. The van der Waals surface area contributed by atoms with Gasteiger partial charge in [-0.25, -0.2) is 4.98 Å². The highest BCUT2D eigenvalue weighted by atomic mass is 16.5. The van der Waals surface area contributed by atoms with Crippen molar-refractivity contribution in [3.8, 4) is 29.1 Å². The van der Waals surface area contributed by atoms with E-state index in [1.54, 1.807) is 32.0 Å². The topological polar surface area (TPSA) is 124 Å². The number of esters is 1. The molecule has 27 heavy (non-hydrogen) atoms. The van der Waals surface area contributed by atoms with Gasteiger partial charge in [0.15, 0.2) is 11.5 Å². The average Bonchev–Trinajstić information content (AvgIpc) is 2.66. The van der Waals surface area contributed by atoms with E-state index in [2.05, 4.69) is 4.98 Å². The minimum atomic E-state index is -0.565. The van der Waals surface area contributed by atoms with Crippen molar-refractivity contribution in [2.45, 2.75) is 26.7 Å². The van der Waals surface area contributed by atoms with Gasteiger partial charge in [0, 0.05) is 12.0 Å². The van der Waals surface area contributed by atoms with Crippen molar-refractivity contribution in [1.29, 1.82) is 10.5 Å². The highest BCUT2D eigenvalue weighted by molar-refractivity contribution is 5.99. The summed E-state index contributed by atoms with van der Waals surface area (Å²) in [5.41, 5.74) is 1.80. The predicted molar refractivity (Wildman–Crippen MR) is 95.7 cm³/mol. The second-order valence-corrected chi connectivity index (χ2v) is 5.73. The molecule has 1 aromatic carbocycles. The summed E-state index contributed by atoms with van der Waals surface area (Å²) in [4.78, 5) is 28.1. The van der Waals surface area contributed by atoms with Crippen LogP contribution in [0.3, 0.4) is 0 Å². The molecule has 0 unspecified atom stereocenters. The fraction of sp³-hybridized carbons (Fsp3) is 0.250. The second-order valence-electron chi connectivity index (χ2n) is 5.73. The first-order valence-electron chi connectivity index (χ1n) is 8.25. The molecule has 136 valence electrons. The van der Waals surface area contributed by atoms with E-state index in [4.69, 9.17) is 10.00 Å². The number of rotatable bonds is 6. The molecule has 2 aromatic rings. The summed E-state index contributed by atoms with van der Waals surface area (Å²) in [6, 6.07) is 10.2. The first kappa shape index (κ1) is 19.6. The molecule has 0 spiro atoms. The van der Waals surface area contributed by atoms with E-state index in [-0.39, 0.29) is 30.7 Å². The molecule has 0 aliphatic carbocycles. The Labute approximate surface area is 156 Å². The second kappa shape index (κ2) is 8.59. The van der Waals surface area contributed by atoms with E-state index in [1.165, 1.54) is 6.07 Å². The van der Waals surface area contributed by atoms with Crippen LogP contribution in [0.4, 0.5) is 0 Å². The molecule has 0 bridgehead atoms. The zero-order chi connectivity index (χ0) is 20.0. The predicted octanol–water partition coefficient (Wildman–Crippen LogP) is 3.03. The number of aryl methyl sites for hydroxylation is 1. The molecule has 1 N–H and O–H groups in total. The normalized spacial score (nSPS) is 9.93. The van der Waals surface area contributed by atoms with Crippen molar-refractivity contribution in [2.24, 2.45) is 0 Å². The number of ketones is 1. The number of carbonyl (C=O) groups is 2. The standard InChI is InChI=1S/C20H17N3O4/c1-3-27-18(25)7-6-17(24)19-20(26)14(11-22)9-16(23-19)15-5-4-13(10-21)8-12(15)2/h4-5,8-9,26H,3,6-7H2,1-2H3. The summed E-state index contributed by atoms with van der Waals surface area (Å²) in [5, 5.41) is 28.4. The highest BCUT2D eigenvalue weighted by Gasteiger charge is 2.20. The maximum Gasteiger partial charge on any atom is 0.306 e. The van der Waals surface area contributed by atoms with Crippen LogP contribution in [-0.2, 0) is 9.53 Å². The lowest BCUT2D eigenvalue weighted by Crippen LogP contribution is -2.10. The number of ether oxygens (including phenoxy) is 1. The lowest BCUT2D eigenvalue weighted by molar-refractivity contribution is -0.143. The molecule has 1 aromatic heterocycles. The Hall–Kier alpha value is -3.71. The van der Waals surface area contributed by atoms with Gasteiger partial charge >= 0.3 is 5.97 Å². The van der Waals surface area contributed by atoms with E-state index in [0.717, 1.165) is 5.56 Å². The van der Waals surface area contributed by atoms with Crippen molar-refractivity contribution in [2.75, 3.05) is 6.61 Å². The smallest absolute Gasteiger partial charge is 0.306 e. The molecule has 1 heterocycles. The summed E-state index contributed by atoms with van der Waals surface area (Å²) in [6.07, 6.45) is -0.337. The van der Waals surface area contributed by atoms with E-state index < -0.39 is 17.5 Å². The van der Waals surface area contributed by atoms with Gasteiger partial charge in [-0.2, -0.15) is 10.5 Å². The van der Waals surface area contributed by atoms with Gasteiger partial charge in [-0.15, -0.1) is 0 Å². The van der Waals surface area contributed by atoms with Gasteiger partial charge in [0.2, 0.25) is 0 Å². The molecule has 7 heteroatoms. The first-order chi connectivity index (χ1) is 12.9. The fourth-order valence-electron chi connectivity index (χ4n) is 2.54. The van der Waals surface area contributed by atoms with E-state index in [0.29, 0.717) is 16.8 Å². The average molecular weight is 363 g/mol. The van der Waals surface area contributed by atoms with E-state index in [9.17, 15) is 20.0 Å². The molecule has 0 aliphatic heterocycles. The lowest BCUT2D eigenvalue weighted by atomic mass is 9.99. The summed E-state index contributed by atoms with van der Waals surface area (Å²) in [7, 11) is 0. The third kappa shape index (κ3) is 4.47. The number of aromatic hydroxyl groups is 1. The monoisotopic (exact) mass is 363 g/mol. The van der Waals surface area contributed by atoms with Crippen LogP contribution in [0.15, 0.2) is 24.3 Å². The number of aromatic nitrogens is 1. The summed E-state index contributed by atoms with van der Waals surface area (Å²) >= 11 is 0. The number of hydrogen-bond donors (Lipinski definition) is 1. The number of Topliss-reactive ketones (excluding diaryl/α,β-unsaturated/α-hetero) is 1. The van der Waals surface area contributed by atoms with Crippen molar-refractivity contribution < 1.29 is 19.4 Å². The molecule has 2 rings (SSSR count). The Balaban J connectivity index is 2.44. The molecule has 0 aliphatic rings. The van der Waals surface area contributed by atoms with Crippen molar-refractivity contribution in [3.05, 3.63) is 46.6 Å². The number of nitrogens with zero attached hydrogens (tertiary/aromatic N) is 3. The van der Waals surface area contributed by atoms with Gasteiger partial charge in [-0.1, -0.05) is 6.07 Å². The molecular weight excluding hydrogens is 346 g/mol. The van der Waals surface area contributed by atoms with Gasteiger partial charge in [-0.05, 0) is 37.6 Å². The number of nitriles is 2. The molecule has 7 nitrogen and oxygen atoms in total. The van der Waals surface area contributed by atoms with Gasteiger partial charge in [-0.3, -0.25) is 9.59 Å². The Morgan fingerprint density at radius 1 is 1.19 bits per heavy atom. The maximum absolute atomic E-state index is 12.4. The molecular formula is C20H17N3O4. The maximum atomic E-state index is 12.4. The summed E-state index contributed by atoms with van der Waals surface area (Å²) < 4.78 is 4.78. The van der Waals surface area contributed by atoms with Crippen molar-refractivity contribution in [3.63, 3.8) is 0 Å². The molecule has 0 fully saturated rings. The quantitative estimate of drug-likeness (QED) is 0.618. The number of hydrogen-bond acceptors (Lipinski definition) is 7. The van der Waals surface area contributed by atoms with Crippen LogP contribution in [0, 0.1) is 29.6 Å². The molecule has 0 saturated carbocycles. The van der Waals surface area contributed by atoms with Gasteiger partial charge < -0.3 is 9.84 Å². The molecule has 0 saturated heterocycles. The Bertz CT molecular complexity index is 984. The van der Waals surface area contributed by atoms with Crippen molar-refractivity contribution in [1.82, 2.24) is 4.98 Å². The third-order valence-electron chi connectivity index (χ3n) is 3.87. The number of carbonyl (C=O) groups excluding carboxylic acids is 2. The van der Waals surface area contributed by atoms with Crippen LogP contribution >= 0.6 is 0 Å². The van der Waals surface area contributed by atoms with Crippen molar-refractivity contribution >= 4 is 11.8 Å². The van der Waals surface area contributed by atoms with Crippen LogP contribution in [-0.4, -0.2) is 28.4 Å². The fourth-order valence-corrected chi connectivity index (χ4v) is 2.54. The SMILES string of the molecule is CCOC(=O)CCC(=O)c1nc(-c2ccc(C#N)cc2C)cc(C#N)c1O. The van der Waals surface area contributed by atoms with Crippen LogP contribution in [0.1, 0.15) is 46.9 Å². The van der Waals surface area contributed by atoms with Crippen LogP contribution < -0.4 is 0 Å². The highest BCUT2D eigenvalue weighted by Crippen LogP contribution is 2.30. The first-order valence-corrected chi connectivity index (χ1v) is 8.25. The molecule has 0 amide bonds. The number of pyridine rings is 1. The van der Waals surface area contributed by atoms with Crippen LogP contribution in [0.25, 0.3) is 11.3 Å².